The van der Waals surface area contributed by atoms with Gasteiger partial charge in [0.25, 0.3) is 0 Å². The minimum absolute atomic E-state index is 0. The molecule has 0 aromatic carbocycles. The maximum atomic E-state index is 0. The average Bonchev–Trinajstić information content (AvgIpc) is 0. The zero-order valence-corrected chi connectivity index (χ0v) is 0.707. The molecule has 0 rings (SSSR count). The molecule has 0 atom stereocenters. The van der Waals surface area contributed by atoms with Gasteiger partial charge in [0, 0.05) is 0 Å². The van der Waals surface area contributed by atoms with E-state index in [9.17, 15) is 0 Å². The maximum absolute atomic E-state index is 0. The molecule has 0 unspecified atom stereocenters. The first kappa shape index (κ1) is 26.9. The summed E-state index contributed by atoms with van der Waals surface area (Å²) in [7, 11) is 0. The Labute approximate surface area is 100 Å². The van der Waals surface area contributed by atoms with Crippen molar-refractivity contribution in [2.45, 2.75) is 0 Å². The molecule has 0 amide bonds. The van der Waals surface area contributed by atoms with E-state index in [0.29, 0.717) is 0 Å². The number of hydrogen-bond donors (Lipinski definition) is 1. The minimum atomic E-state index is 0. The molecule has 0 aliphatic carbocycles. The fourth-order valence-corrected chi connectivity index (χ4v) is 0. The summed E-state index contributed by atoms with van der Waals surface area (Å²) in [5, 5.41) is 0. The van der Waals surface area contributed by atoms with E-state index >= 15 is 0 Å². The van der Waals surface area contributed by atoms with Crippen LogP contribution in [-0.2, 0) is 0 Å². The molecule has 0 saturated carbocycles. The van der Waals surface area contributed by atoms with Crippen molar-refractivity contribution in [3.63, 3.8) is 0 Å². The van der Waals surface area contributed by atoms with Crippen LogP contribution in [0.25, 0.3) is 0 Å². The molecule has 0 aliphatic rings. The molecule has 0 aromatic heterocycles. The fraction of sp³-hybridized carbons (Fsp3) is 0. The number of hydrogen-bond acceptors (Lipinski definition) is 1. The normalized spacial score (nSPS) is 0. The van der Waals surface area contributed by atoms with Gasteiger partial charge in [0.05, 0.1) is 0 Å². The topological polar surface area (TPSA) is 35.0 Å². The van der Waals surface area contributed by atoms with Crippen molar-refractivity contribution in [1.82, 2.24) is 6.15 Å². The molecule has 4 heavy (non-hydrogen) atoms. The first-order valence-electron chi connectivity index (χ1n) is 0. The van der Waals surface area contributed by atoms with Crippen LogP contribution in [0.3, 0.4) is 0 Å². The third kappa shape index (κ3) is 8.97. The van der Waals surface area contributed by atoms with Gasteiger partial charge in [-0.2, -0.15) is 0 Å². The summed E-state index contributed by atoms with van der Waals surface area (Å²) >= 11 is 0. The SMILES string of the molecule is N.[CaH2].[NaH].[NaH]. The van der Waals surface area contributed by atoms with E-state index in [1.807, 2.05) is 0 Å². The van der Waals surface area contributed by atoms with Crippen LogP contribution in [0, 0.1) is 0 Å². The predicted octanol–water partition coefficient (Wildman–Crippen LogP) is -2.05. The summed E-state index contributed by atoms with van der Waals surface area (Å²) in [6.45, 7) is 0. The van der Waals surface area contributed by atoms with Crippen LogP contribution >= 0.6 is 0 Å². The molecule has 0 saturated heterocycles. The van der Waals surface area contributed by atoms with Gasteiger partial charge in [0.15, 0.2) is 0 Å². The summed E-state index contributed by atoms with van der Waals surface area (Å²) in [6, 6.07) is 0. The predicted molar refractivity (Wildman–Crippen MR) is 27.9 cm³/mol. The summed E-state index contributed by atoms with van der Waals surface area (Å²) in [4.78, 5) is 0. The molecule has 0 bridgehead atoms. The van der Waals surface area contributed by atoms with Crippen molar-refractivity contribution in [1.29, 1.82) is 0 Å². The van der Waals surface area contributed by atoms with Gasteiger partial charge < -0.3 is 6.15 Å². The van der Waals surface area contributed by atoms with Crippen molar-refractivity contribution < 1.29 is 0 Å². The van der Waals surface area contributed by atoms with Crippen LogP contribution in [0.15, 0.2) is 0 Å². The van der Waals surface area contributed by atoms with Gasteiger partial charge in [-0.15, -0.1) is 0 Å². The molecule has 0 aromatic rings. The molecule has 0 fully saturated rings. The van der Waals surface area contributed by atoms with Gasteiger partial charge in [-0.05, 0) is 0 Å². The molecule has 16 valence electrons. The zero-order chi connectivity index (χ0) is 0. The van der Waals surface area contributed by atoms with E-state index in [1.165, 1.54) is 0 Å². The Morgan fingerprint density at radius 3 is 0.750 bits per heavy atom. The van der Waals surface area contributed by atoms with E-state index in [0.717, 1.165) is 0 Å². The first-order chi connectivity index (χ1) is 0. The molecular formula is H7CaNNa2. The van der Waals surface area contributed by atoms with Gasteiger partial charge >= 0.3 is 96.9 Å². The Morgan fingerprint density at radius 1 is 0.750 bits per heavy atom. The Balaban J connectivity index is 0. The second kappa shape index (κ2) is 16.3. The van der Waals surface area contributed by atoms with Gasteiger partial charge in [0.2, 0.25) is 0 Å². The molecule has 4 heteroatoms. The third-order valence-corrected chi connectivity index (χ3v) is 0. The van der Waals surface area contributed by atoms with E-state index in [4.69, 9.17) is 0 Å². The van der Waals surface area contributed by atoms with Crippen LogP contribution in [0.4, 0.5) is 0 Å². The molecule has 1 nitrogen and oxygen atoms in total. The molecule has 0 heterocycles. The third-order valence-electron chi connectivity index (χ3n) is 0. The van der Waals surface area contributed by atoms with Crippen LogP contribution in [0.1, 0.15) is 0 Å². The second-order valence-electron chi connectivity index (χ2n) is 0. The van der Waals surface area contributed by atoms with Crippen LogP contribution in [-0.4, -0.2) is 96.9 Å². The number of rotatable bonds is 0. The van der Waals surface area contributed by atoms with Crippen LogP contribution in [0.5, 0.6) is 0 Å². The van der Waals surface area contributed by atoms with E-state index in [1.54, 1.807) is 0 Å². The van der Waals surface area contributed by atoms with E-state index < -0.39 is 0 Å². The summed E-state index contributed by atoms with van der Waals surface area (Å²) in [5.74, 6) is 0. The van der Waals surface area contributed by atoms with Gasteiger partial charge in [-0.3, -0.25) is 0 Å². The average molecular weight is 107 g/mol. The molecule has 0 aliphatic heterocycles. The van der Waals surface area contributed by atoms with Crippen molar-refractivity contribution in [3.05, 3.63) is 0 Å². The van der Waals surface area contributed by atoms with Gasteiger partial charge in [0.1, 0.15) is 0 Å². The Morgan fingerprint density at radius 2 is 0.750 bits per heavy atom. The molecule has 0 spiro atoms. The van der Waals surface area contributed by atoms with Crippen LogP contribution in [0.2, 0.25) is 0 Å². The molecule has 0 radical (unpaired) electrons. The van der Waals surface area contributed by atoms with Crippen molar-refractivity contribution in [2.75, 3.05) is 0 Å². The van der Waals surface area contributed by atoms with E-state index in [-0.39, 0.29) is 103 Å². The summed E-state index contributed by atoms with van der Waals surface area (Å²) in [6.07, 6.45) is 0. The van der Waals surface area contributed by atoms with Crippen molar-refractivity contribution in [3.8, 4) is 0 Å². The Bertz CT molecular complexity index is 6.00. The Hall–Kier alpha value is 3.22. The quantitative estimate of drug-likeness (QED) is 0.355. The fourth-order valence-electron chi connectivity index (χ4n) is 0. The van der Waals surface area contributed by atoms with Crippen molar-refractivity contribution in [2.24, 2.45) is 0 Å². The second-order valence-corrected chi connectivity index (χ2v) is 0. The molecule has 3 N–H and O–H groups in total. The first-order valence-corrected chi connectivity index (χ1v) is 0. The summed E-state index contributed by atoms with van der Waals surface area (Å²) in [5.41, 5.74) is 0. The van der Waals surface area contributed by atoms with E-state index in [2.05, 4.69) is 0 Å². The van der Waals surface area contributed by atoms with Gasteiger partial charge in [-0.1, -0.05) is 0 Å². The van der Waals surface area contributed by atoms with Crippen LogP contribution < -0.4 is 6.15 Å². The van der Waals surface area contributed by atoms with Gasteiger partial charge in [-0.25, -0.2) is 0 Å². The standard InChI is InChI=1S/Ca.H3N.2Na.4H/h;1H3;;;;;;. The zero-order valence-electron chi connectivity index (χ0n) is 0.707. The Kier molecular flexibility index (Phi) is 110. The monoisotopic (exact) mass is 107 g/mol. The van der Waals surface area contributed by atoms with Crippen molar-refractivity contribution >= 4 is 96.9 Å². The summed E-state index contributed by atoms with van der Waals surface area (Å²) < 4.78 is 0. The molecular weight excluding hydrogens is 100 g/mol.